The highest BCUT2D eigenvalue weighted by Crippen LogP contribution is 2.35. The lowest BCUT2D eigenvalue weighted by Crippen LogP contribution is -2.24. The number of amides is 1. The van der Waals surface area contributed by atoms with Crippen molar-refractivity contribution in [3.8, 4) is 11.5 Å². The Hall–Kier alpha value is -4.58. The molecule has 0 saturated heterocycles. The van der Waals surface area contributed by atoms with Gasteiger partial charge in [0.15, 0.2) is 5.75 Å². The molecule has 2 aromatic carbocycles. The molecule has 0 unspecified atom stereocenters. The Morgan fingerprint density at radius 2 is 1.38 bits per heavy atom. The zero-order chi connectivity index (χ0) is 36.3. The summed E-state index contributed by atoms with van der Waals surface area (Å²) in [5.74, 6) is 0.405. The number of pyridine rings is 1. The lowest BCUT2D eigenvalue weighted by atomic mass is 10.1. The van der Waals surface area contributed by atoms with Crippen LogP contribution < -0.4 is 20.3 Å². The number of ether oxygens (including phenoxy) is 2. The van der Waals surface area contributed by atoms with E-state index in [4.69, 9.17) is 9.47 Å². The van der Waals surface area contributed by atoms with E-state index >= 15 is 0 Å². The highest BCUT2D eigenvalue weighted by Gasteiger charge is 2.20. The Morgan fingerprint density at radius 1 is 0.760 bits per heavy atom. The van der Waals surface area contributed by atoms with E-state index in [0.717, 1.165) is 62.3 Å². The molecule has 0 fully saturated rings. The zero-order valence-corrected chi connectivity index (χ0v) is 31.4. The molecule has 50 heavy (non-hydrogen) atoms. The quantitative estimate of drug-likeness (QED) is 0.0733. The van der Waals surface area contributed by atoms with Crippen LogP contribution in [0.5, 0.6) is 11.5 Å². The topological polar surface area (TPSA) is 69.6 Å². The molecule has 6 heteroatoms. The number of benzene rings is 2. The molecule has 268 valence electrons. The smallest absolute Gasteiger partial charge is 0.297 e. The van der Waals surface area contributed by atoms with Gasteiger partial charge in [0.2, 0.25) is 11.7 Å². The number of aromatic nitrogens is 1. The molecule has 0 saturated carbocycles. The van der Waals surface area contributed by atoms with Crippen LogP contribution in [0, 0.1) is 0 Å². The molecule has 1 aromatic heterocycles. The van der Waals surface area contributed by atoms with Gasteiger partial charge in [0.1, 0.15) is 13.2 Å². The molecule has 0 aliphatic rings. The molecule has 1 heterocycles. The number of carbonyl (C=O) groups excluding carboxylic acids is 1. The molecule has 3 aromatic rings. The maximum atomic E-state index is 14.3. The van der Waals surface area contributed by atoms with E-state index in [0.29, 0.717) is 30.1 Å². The minimum absolute atomic E-state index is 0.222. The fourth-order valence-corrected chi connectivity index (χ4v) is 5.50. The lowest BCUT2D eigenvalue weighted by molar-refractivity contribution is -0.111. The molecule has 0 aliphatic carbocycles. The summed E-state index contributed by atoms with van der Waals surface area (Å²) in [5.41, 5.74) is 7.07. The van der Waals surface area contributed by atoms with E-state index in [9.17, 15) is 9.59 Å². The summed E-state index contributed by atoms with van der Waals surface area (Å²) >= 11 is 0. The number of carbonyl (C=O) groups is 1. The van der Waals surface area contributed by atoms with Crippen molar-refractivity contribution in [3.63, 3.8) is 0 Å². The molecule has 1 amide bonds. The average Bonchev–Trinajstić information content (AvgIpc) is 3.08. The van der Waals surface area contributed by atoms with E-state index in [1.54, 1.807) is 10.6 Å². The molecular formula is C44H58N2O4. The summed E-state index contributed by atoms with van der Waals surface area (Å²) < 4.78 is 14.5. The number of anilines is 1. The molecule has 3 rings (SSSR count). The van der Waals surface area contributed by atoms with Gasteiger partial charge in [0, 0.05) is 23.7 Å². The third-order valence-electron chi connectivity index (χ3n) is 8.41. The number of hydrogen-bond donors (Lipinski definition) is 1. The molecule has 0 atom stereocenters. The minimum Gasteiger partial charge on any atom is -0.485 e. The van der Waals surface area contributed by atoms with Gasteiger partial charge in [0.05, 0.1) is 5.52 Å². The largest absolute Gasteiger partial charge is 0.485 e. The van der Waals surface area contributed by atoms with E-state index < -0.39 is 0 Å². The second kappa shape index (κ2) is 21.5. The van der Waals surface area contributed by atoms with Crippen molar-refractivity contribution in [3.05, 3.63) is 117 Å². The zero-order valence-electron chi connectivity index (χ0n) is 31.4. The first-order valence-corrected chi connectivity index (χ1v) is 18.2. The van der Waals surface area contributed by atoms with Crippen molar-refractivity contribution in [1.29, 1.82) is 0 Å². The highest BCUT2D eigenvalue weighted by molar-refractivity contribution is 6.03. The number of allylic oxidation sites excluding steroid dienone is 6. The molecule has 0 bridgehead atoms. The first kappa shape index (κ1) is 39.9. The van der Waals surface area contributed by atoms with Gasteiger partial charge in [-0.05, 0) is 116 Å². The Kier molecular flexibility index (Phi) is 17.1. The van der Waals surface area contributed by atoms with Crippen molar-refractivity contribution in [2.45, 2.75) is 106 Å². The minimum atomic E-state index is -0.248. The van der Waals surface area contributed by atoms with Crippen LogP contribution in [0.25, 0.3) is 17.0 Å². The van der Waals surface area contributed by atoms with Crippen LogP contribution in [0.2, 0.25) is 0 Å². The Morgan fingerprint density at radius 3 is 1.98 bits per heavy atom. The van der Waals surface area contributed by atoms with E-state index in [1.165, 1.54) is 28.4 Å². The fourth-order valence-electron chi connectivity index (χ4n) is 5.50. The van der Waals surface area contributed by atoms with Gasteiger partial charge >= 0.3 is 0 Å². The lowest BCUT2D eigenvalue weighted by Gasteiger charge is -2.19. The van der Waals surface area contributed by atoms with Gasteiger partial charge in [-0.2, -0.15) is 0 Å². The van der Waals surface area contributed by atoms with Crippen LogP contribution in [0.15, 0.2) is 106 Å². The normalized spacial score (nSPS) is 11.9. The summed E-state index contributed by atoms with van der Waals surface area (Å²) in [6, 6.07) is 15.3. The number of aryl methyl sites for hydroxylation is 1. The summed E-state index contributed by atoms with van der Waals surface area (Å²) in [5, 5.41) is 3.75. The summed E-state index contributed by atoms with van der Waals surface area (Å²) in [7, 11) is 0. The third-order valence-corrected chi connectivity index (χ3v) is 8.41. The summed E-state index contributed by atoms with van der Waals surface area (Å²) in [6.45, 7) is 15.9. The van der Waals surface area contributed by atoms with Crippen LogP contribution in [0.1, 0.15) is 105 Å². The maximum Gasteiger partial charge on any atom is 0.297 e. The Labute approximate surface area is 300 Å². The Bertz CT molecular complexity index is 1750. The summed E-state index contributed by atoms with van der Waals surface area (Å²) in [6.07, 6.45) is 19.8. The van der Waals surface area contributed by atoms with E-state index in [1.807, 2.05) is 54.6 Å². The molecule has 6 nitrogen and oxygen atoms in total. The number of nitrogens with one attached hydrogen (secondary N) is 1. The molecular weight excluding hydrogens is 620 g/mol. The second-order valence-electron chi connectivity index (χ2n) is 13.5. The monoisotopic (exact) mass is 678 g/mol. The number of unbranched alkanes of at least 4 members (excludes halogenated alkanes) is 3. The third kappa shape index (κ3) is 13.7. The van der Waals surface area contributed by atoms with Crippen LogP contribution in [-0.4, -0.2) is 23.7 Å². The predicted molar refractivity (Wildman–Crippen MR) is 212 cm³/mol. The number of fused-ring (bicyclic) bond motifs is 1. The Balaban J connectivity index is 2.02. The molecule has 1 N–H and O–H groups in total. The first-order valence-electron chi connectivity index (χ1n) is 18.2. The summed E-state index contributed by atoms with van der Waals surface area (Å²) in [4.78, 5) is 27.2. The van der Waals surface area contributed by atoms with Gasteiger partial charge in [-0.15, -0.1) is 0 Å². The molecule has 0 aliphatic heterocycles. The van der Waals surface area contributed by atoms with Crippen molar-refractivity contribution in [2.75, 3.05) is 18.5 Å². The average molecular weight is 679 g/mol. The highest BCUT2D eigenvalue weighted by atomic mass is 16.5. The van der Waals surface area contributed by atoms with Gasteiger partial charge in [0.25, 0.3) is 5.56 Å². The number of hydrogen-bond acceptors (Lipinski definition) is 4. The van der Waals surface area contributed by atoms with Gasteiger partial charge < -0.3 is 19.4 Å². The van der Waals surface area contributed by atoms with Crippen LogP contribution in [0.4, 0.5) is 5.69 Å². The van der Waals surface area contributed by atoms with Gasteiger partial charge in [-0.1, -0.05) is 91.0 Å². The van der Waals surface area contributed by atoms with Crippen molar-refractivity contribution in [1.82, 2.24) is 4.57 Å². The molecule has 0 radical (unpaired) electrons. The van der Waals surface area contributed by atoms with Gasteiger partial charge in [-0.25, -0.2) is 0 Å². The van der Waals surface area contributed by atoms with Gasteiger partial charge in [-0.3, -0.25) is 9.59 Å². The van der Waals surface area contributed by atoms with Crippen molar-refractivity contribution in [2.24, 2.45) is 0 Å². The molecule has 0 spiro atoms. The van der Waals surface area contributed by atoms with Crippen molar-refractivity contribution >= 4 is 28.6 Å². The number of nitrogens with zero attached hydrogens (tertiary/aromatic N) is 1. The predicted octanol–water partition coefficient (Wildman–Crippen LogP) is 11.4. The van der Waals surface area contributed by atoms with Crippen LogP contribution in [0.3, 0.4) is 0 Å². The van der Waals surface area contributed by atoms with Crippen LogP contribution >= 0.6 is 0 Å². The number of rotatable bonds is 20. The second-order valence-corrected chi connectivity index (χ2v) is 13.5. The SMILES string of the molecule is CCCCCCn1c(=O)c(OC/C=C(\C)CCC=C(C)C)c(OC/C=C(\C)CCC=C(C)C)c2ccc(NC(=O)C=Cc3ccccc3)cc21. The van der Waals surface area contributed by atoms with Crippen LogP contribution in [-0.2, 0) is 11.3 Å². The fraction of sp³-hybridized carbons (Fsp3) is 0.409. The van der Waals surface area contributed by atoms with Crippen molar-refractivity contribution < 1.29 is 14.3 Å². The first-order chi connectivity index (χ1) is 24.1. The van der Waals surface area contributed by atoms with E-state index in [2.05, 4.69) is 72.0 Å². The maximum absolute atomic E-state index is 14.3. The standard InChI is InChI=1S/C44H58N2O4/c1-8-9-10-14-29-46-40-32-38(45-41(47)26-23-37-21-12-11-13-22-37)24-25-39(40)42(49-30-27-35(6)19-15-17-33(2)3)43(44(46)48)50-31-28-36(7)20-16-18-34(4)5/h11-13,17-18,21-28,32H,8-10,14-16,19-20,29-31H2,1-7H3,(H,45,47)/b26-23?,35-27+,36-28+. The van der Waals surface area contributed by atoms with E-state index in [-0.39, 0.29) is 23.8 Å².